The molecule has 2 atom stereocenters. The van der Waals surface area contributed by atoms with Crippen molar-refractivity contribution in [3.63, 3.8) is 0 Å². The van der Waals surface area contributed by atoms with Crippen LogP contribution in [0.5, 0.6) is 11.5 Å². The molecule has 19 heavy (non-hydrogen) atoms. The highest BCUT2D eigenvalue weighted by molar-refractivity contribution is 5.40. The molecule has 1 aliphatic heterocycles. The average Bonchev–Trinajstić information content (AvgIpc) is 2.47. The van der Waals surface area contributed by atoms with Crippen molar-refractivity contribution in [2.45, 2.75) is 18.6 Å². The fraction of sp³-hybridized carbons (Fsp3) is 0.250. The molecule has 98 valence electrons. The summed E-state index contributed by atoms with van der Waals surface area (Å²) in [5.74, 6) is 1.72. The lowest BCUT2D eigenvalue weighted by Gasteiger charge is -2.30. The van der Waals surface area contributed by atoms with Crippen LogP contribution in [-0.2, 0) is 0 Å². The van der Waals surface area contributed by atoms with Crippen molar-refractivity contribution in [3.8, 4) is 11.5 Å². The molecule has 2 aromatic carbocycles. The van der Waals surface area contributed by atoms with Crippen LogP contribution in [0, 0.1) is 0 Å². The molecule has 0 aliphatic carbocycles. The van der Waals surface area contributed by atoms with Crippen molar-refractivity contribution in [1.82, 2.24) is 0 Å². The standard InChI is InChI=1S/C16H17NO2/c1-18-12-6-4-5-11(9-12)16-10-14(17)13-7-2-3-8-15(13)19-16/h2-9,14,16H,10,17H2,1H3. The van der Waals surface area contributed by atoms with Crippen molar-refractivity contribution in [2.24, 2.45) is 5.73 Å². The Bertz CT molecular complexity index is 582. The molecule has 3 nitrogen and oxygen atoms in total. The third-order valence-corrected chi connectivity index (χ3v) is 3.52. The quantitative estimate of drug-likeness (QED) is 0.896. The number of fused-ring (bicyclic) bond motifs is 1. The lowest BCUT2D eigenvalue weighted by atomic mass is 9.93. The first-order chi connectivity index (χ1) is 9.28. The van der Waals surface area contributed by atoms with Gasteiger partial charge in [-0.15, -0.1) is 0 Å². The third kappa shape index (κ3) is 2.29. The molecule has 0 bridgehead atoms. The summed E-state index contributed by atoms with van der Waals surface area (Å²) < 4.78 is 11.3. The molecule has 3 heteroatoms. The van der Waals surface area contributed by atoms with Gasteiger partial charge in [0.25, 0.3) is 0 Å². The Kier molecular flexibility index (Phi) is 3.13. The summed E-state index contributed by atoms with van der Waals surface area (Å²) in [7, 11) is 1.67. The number of rotatable bonds is 2. The predicted molar refractivity (Wildman–Crippen MR) is 74.4 cm³/mol. The van der Waals surface area contributed by atoms with E-state index < -0.39 is 0 Å². The molecule has 1 heterocycles. The zero-order chi connectivity index (χ0) is 13.2. The second kappa shape index (κ2) is 4.94. The van der Waals surface area contributed by atoms with Crippen LogP contribution in [0.2, 0.25) is 0 Å². The van der Waals surface area contributed by atoms with Gasteiger partial charge in [-0.1, -0.05) is 30.3 Å². The van der Waals surface area contributed by atoms with Crippen molar-refractivity contribution in [1.29, 1.82) is 0 Å². The molecule has 3 rings (SSSR count). The maximum Gasteiger partial charge on any atom is 0.126 e. The van der Waals surface area contributed by atoms with Gasteiger partial charge in [-0.25, -0.2) is 0 Å². The molecule has 0 saturated heterocycles. The molecular weight excluding hydrogens is 238 g/mol. The van der Waals surface area contributed by atoms with Crippen molar-refractivity contribution in [3.05, 3.63) is 59.7 Å². The molecular formula is C16H17NO2. The van der Waals surface area contributed by atoms with Gasteiger partial charge in [0.05, 0.1) is 7.11 Å². The topological polar surface area (TPSA) is 44.5 Å². The maximum absolute atomic E-state index is 6.23. The van der Waals surface area contributed by atoms with E-state index in [0.29, 0.717) is 0 Å². The van der Waals surface area contributed by atoms with Gasteiger partial charge in [-0.3, -0.25) is 0 Å². The number of benzene rings is 2. The van der Waals surface area contributed by atoms with E-state index >= 15 is 0 Å². The Morgan fingerprint density at radius 2 is 2.00 bits per heavy atom. The van der Waals surface area contributed by atoms with Crippen molar-refractivity contribution >= 4 is 0 Å². The minimum Gasteiger partial charge on any atom is -0.497 e. The second-order valence-electron chi connectivity index (χ2n) is 4.76. The fourth-order valence-corrected chi connectivity index (χ4v) is 2.50. The molecule has 0 saturated carbocycles. The Morgan fingerprint density at radius 3 is 2.84 bits per heavy atom. The lowest BCUT2D eigenvalue weighted by Crippen LogP contribution is -2.24. The number of para-hydroxylation sites is 1. The Labute approximate surface area is 113 Å². The van der Waals surface area contributed by atoms with Gasteiger partial charge in [-0.05, 0) is 23.8 Å². The molecule has 0 radical (unpaired) electrons. The number of ether oxygens (including phenoxy) is 2. The van der Waals surface area contributed by atoms with Gasteiger partial charge in [0.2, 0.25) is 0 Å². The molecule has 2 aromatic rings. The lowest BCUT2D eigenvalue weighted by molar-refractivity contribution is 0.161. The summed E-state index contributed by atoms with van der Waals surface area (Å²) in [6.45, 7) is 0. The van der Waals surface area contributed by atoms with Crippen LogP contribution in [0.3, 0.4) is 0 Å². The summed E-state index contributed by atoms with van der Waals surface area (Å²) >= 11 is 0. The smallest absolute Gasteiger partial charge is 0.126 e. The van der Waals surface area contributed by atoms with Crippen LogP contribution in [0.25, 0.3) is 0 Å². The van der Waals surface area contributed by atoms with Gasteiger partial charge in [0, 0.05) is 18.0 Å². The summed E-state index contributed by atoms with van der Waals surface area (Å²) in [4.78, 5) is 0. The maximum atomic E-state index is 6.23. The molecule has 2 N–H and O–H groups in total. The Morgan fingerprint density at radius 1 is 1.16 bits per heavy atom. The molecule has 2 unspecified atom stereocenters. The van der Waals surface area contributed by atoms with Gasteiger partial charge in [0.15, 0.2) is 0 Å². The van der Waals surface area contributed by atoms with E-state index in [4.69, 9.17) is 15.2 Å². The average molecular weight is 255 g/mol. The number of nitrogens with two attached hydrogens (primary N) is 1. The van der Waals surface area contributed by atoms with Crippen LogP contribution < -0.4 is 15.2 Å². The third-order valence-electron chi connectivity index (χ3n) is 3.52. The van der Waals surface area contributed by atoms with Gasteiger partial charge < -0.3 is 15.2 Å². The molecule has 0 spiro atoms. The van der Waals surface area contributed by atoms with E-state index in [1.807, 2.05) is 48.5 Å². The minimum absolute atomic E-state index is 0.0139. The highest BCUT2D eigenvalue weighted by Crippen LogP contribution is 2.39. The largest absolute Gasteiger partial charge is 0.497 e. The van der Waals surface area contributed by atoms with E-state index in [9.17, 15) is 0 Å². The molecule has 1 aliphatic rings. The minimum atomic E-state index is -0.0139. The van der Waals surface area contributed by atoms with Crippen molar-refractivity contribution in [2.75, 3.05) is 7.11 Å². The molecule has 0 amide bonds. The zero-order valence-corrected chi connectivity index (χ0v) is 10.9. The SMILES string of the molecule is COc1cccc(C2CC(N)c3ccccc3O2)c1. The van der Waals surface area contributed by atoms with E-state index in [0.717, 1.165) is 29.0 Å². The number of hydrogen-bond acceptors (Lipinski definition) is 3. The summed E-state index contributed by atoms with van der Waals surface area (Å²) in [5.41, 5.74) is 8.42. The van der Waals surface area contributed by atoms with E-state index in [1.165, 1.54) is 0 Å². The second-order valence-corrected chi connectivity index (χ2v) is 4.76. The van der Waals surface area contributed by atoms with Gasteiger partial charge in [-0.2, -0.15) is 0 Å². The number of hydrogen-bond donors (Lipinski definition) is 1. The Hall–Kier alpha value is -2.00. The Balaban J connectivity index is 1.92. The summed E-state index contributed by atoms with van der Waals surface area (Å²) in [6, 6.07) is 15.9. The van der Waals surface area contributed by atoms with Gasteiger partial charge in [0.1, 0.15) is 17.6 Å². The van der Waals surface area contributed by atoms with Crippen LogP contribution in [-0.4, -0.2) is 7.11 Å². The van der Waals surface area contributed by atoms with E-state index in [2.05, 4.69) is 0 Å². The normalized spacial score (nSPS) is 21.4. The monoisotopic (exact) mass is 255 g/mol. The van der Waals surface area contributed by atoms with E-state index in [-0.39, 0.29) is 12.1 Å². The van der Waals surface area contributed by atoms with Crippen molar-refractivity contribution < 1.29 is 9.47 Å². The predicted octanol–water partition coefficient (Wildman–Crippen LogP) is 3.22. The summed E-state index contributed by atoms with van der Waals surface area (Å²) in [5, 5.41) is 0. The van der Waals surface area contributed by atoms with Crippen LogP contribution in [0.1, 0.15) is 29.7 Å². The first-order valence-electron chi connectivity index (χ1n) is 6.43. The highest BCUT2D eigenvalue weighted by Gasteiger charge is 2.26. The zero-order valence-electron chi connectivity index (χ0n) is 10.9. The summed E-state index contributed by atoms with van der Waals surface area (Å²) in [6.07, 6.45) is 0.768. The van der Waals surface area contributed by atoms with Crippen LogP contribution >= 0.6 is 0 Å². The first-order valence-corrected chi connectivity index (χ1v) is 6.43. The number of methoxy groups -OCH3 is 1. The first kappa shape index (κ1) is 12.1. The fourth-order valence-electron chi connectivity index (χ4n) is 2.50. The highest BCUT2D eigenvalue weighted by atomic mass is 16.5. The van der Waals surface area contributed by atoms with Gasteiger partial charge >= 0.3 is 0 Å². The molecule has 0 fully saturated rings. The van der Waals surface area contributed by atoms with E-state index in [1.54, 1.807) is 7.11 Å². The van der Waals surface area contributed by atoms with Crippen LogP contribution in [0.15, 0.2) is 48.5 Å². The van der Waals surface area contributed by atoms with Crippen LogP contribution in [0.4, 0.5) is 0 Å². The molecule has 0 aromatic heterocycles.